The highest BCUT2D eigenvalue weighted by atomic mass is 16.6. The number of allylic oxidation sites excluding steroid dienone is 4. The van der Waals surface area contributed by atoms with Crippen molar-refractivity contribution >= 4 is 17.9 Å². The van der Waals surface area contributed by atoms with Crippen LogP contribution in [0.15, 0.2) is 24.3 Å². The Hall–Kier alpha value is -2.11. The zero-order valence-electron chi connectivity index (χ0n) is 49.4. The highest BCUT2D eigenvalue weighted by Crippen LogP contribution is 2.18. The van der Waals surface area contributed by atoms with Gasteiger partial charge in [0, 0.05) is 19.3 Å². The predicted octanol–water partition coefficient (Wildman–Crippen LogP) is 22.2. The summed E-state index contributed by atoms with van der Waals surface area (Å²) in [5.74, 6) is -0.851. The Labute approximate surface area is 455 Å². The molecule has 0 heterocycles. The fourth-order valence-electron chi connectivity index (χ4n) is 9.97. The maximum absolute atomic E-state index is 12.9. The number of unbranched alkanes of at least 4 members (excludes halogenated alkanes) is 46. The van der Waals surface area contributed by atoms with E-state index in [0.29, 0.717) is 19.3 Å². The third-order valence-corrected chi connectivity index (χ3v) is 14.9. The van der Waals surface area contributed by atoms with Crippen molar-refractivity contribution in [1.82, 2.24) is 0 Å². The number of carbonyl (C=O) groups excluding carboxylic acids is 3. The average molecular weight is 1030 g/mol. The highest BCUT2D eigenvalue weighted by Gasteiger charge is 2.19. The van der Waals surface area contributed by atoms with Crippen molar-refractivity contribution in [3.63, 3.8) is 0 Å². The van der Waals surface area contributed by atoms with E-state index in [1.165, 1.54) is 263 Å². The maximum atomic E-state index is 12.9. The molecule has 0 bridgehead atoms. The summed E-state index contributed by atoms with van der Waals surface area (Å²) < 4.78 is 16.9. The van der Waals surface area contributed by atoms with E-state index in [9.17, 15) is 14.4 Å². The van der Waals surface area contributed by atoms with Gasteiger partial charge in [0.1, 0.15) is 13.2 Å². The summed E-state index contributed by atoms with van der Waals surface area (Å²) in [7, 11) is 0. The van der Waals surface area contributed by atoms with E-state index in [1.54, 1.807) is 0 Å². The first-order valence-electron chi connectivity index (χ1n) is 32.8. The molecule has 0 spiro atoms. The summed E-state index contributed by atoms with van der Waals surface area (Å²) in [6, 6.07) is 0. The Balaban J connectivity index is 4.24. The summed E-state index contributed by atoms with van der Waals surface area (Å²) in [5.41, 5.74) is 0. The Morgan fingerprint density at radius 1 is 0.260 bits per heavy atom. The second-order valence-electron chi connectivity index (χ2n) is 22.4. The van der Waals surface area contributed by atoms with Crippen molar-refractivity contribution in [2.24, 2.45) is 0 Å². The van der Waals surface area contributed by atoms with Crippen molar-refractivity contribution < 1.29 is 28.6 Å². The molecule has 1 unspecified atom stereocenters. The minimum Gasteiger partial charge on any atom is -0.462 e. The standard InChI is InChI=1S/C67H126O6/c1-4-7-10-13-16-19-22-25-28-29-30-31-32-33-34-35-36-37-40-42-45-48-51-54-57-60-66(69)72-63-64(73-67(70)61-58-55-52-49-46-43-39-27-24-21-18-15-12-9-6-3)62-71-65(68)59-56-53-50-47-44-41-38-26-23-20-17-14-11-8-5-2/h27,29-30,39,64H,4-26,28,31-38,40-63H2,1-3H3/b30-29-,39-27-. The fraction of sp³-hybridized carbons (Fsp3) is 0.896. The predicted molar refractivity (Wildman–Crippen MR) is 316 cm³/mol. The molecule has 0 N–H and O–H groups in total. The topological polar surface area (TPSA) is 78.9 Å². The summed E-state index contributed by atoms with van der Waals surface area (Å²) in [5, 5.41) is 0. The van der Waals surface area contributed by atoms with Gasteiger partial charge in [-0.05, 0) is 70.6 Å². The van der Waals surface area contributed by atoms with Crippen LogP contribution in [0.2, 0.25) is 0 Å². The summed E-state index contributed by atoms with van der Waals surface area (Å²) in [6.45, 7) is 6.69. The van der Waals surface area contributed by atoms with Crippen LogP contribution in [-0.4, -0.2) is 37.2 Å². The molecular formula is C67H126O6. The van der Waals surface area contributed by atoms with Gasteiger partial charge in [-0.1, -0.05) is 302 Å². The minimum absolute atomic E-state index is 0.0692. The smallest absolute Gasteiger partial charge is 0.306 e. The van der Waals surface area contributed by atoms with Crippen LogP contribution in [0.3, 0.4) is 0 Å². The van der Waals surface area contributed by atoms with Crippen LogP contribution in [0, 0.1) is 0 Å². The van der Waals surface area contributed by atoms with Crippen molar-refractivity contribution in [1.29, 1.82) is 0 Å². The van der Waals surface area contributed by atoms with E-state index in [0.717, 1.165) is 64.2 Å². The molecule has 0 aliphatic heterocycles. The Morgan fingerprint density at radius 3 is 0.685 bits per heavy atom. The van der Waals surface area contributed by atoms with Crippen LogP contribution in [-0.2, 0) is 28.6 Å². The molecule has 0 aromatic heterocycles. The minimum atomic E-state index is -0.772. The first-order valence-corrected chi connectivity index (χ1v) is 32.8. The van der Waals surface area contributed by atoms with Crippen LogP contribution in [0.25, 0.3) is 0 Å². The molecule has 1 atom stereocenters. The van der Waals surface area contributed by atoms with Crippen LogP contribution < -0.4 is 0 Å². The van der Waals surface area contributed by atoms with Gasteiger partial charge in [-0.25, -0.2) is 0 Å². The highest BCUT2D eigenvalue weighted by molar-refractivity contribution is 5.71. The summed E-state index contributed by atoms with van der Waals surface area (Å²) >= 11 is 0. The van der Waals surface area contributed by atoms with Gasteiger partial charge in [-0.3, -0.25) is 14.4 Å². The molecule has 0 fully saturated rings. The number of ether oxygens (including phenoxy) is 3. The van der Waals surface area contributed by atoms with Gasteiger partial charge in [0.25, 0.3) is 0 Å². The van der Waals surface area contributed by atoms with E-state index < -0.39 is 6.10 Å². The lowest BCUT2D eigenvalue weighted by molar-refractivity contribution is -0.167. The van der Waals surface area contributed by atoms with Gasteiger partial charge in [0.15, 0.2) is 6.10 Å². The van der Waals surface area contributed by atoms with Gasteiger partial charge in [-0.15, -0.1) is 0 Å². The molecule has 0 rings (SSSR count). The van der Waals surface area contributed by atoms with Crippen molar-refractivity contribution in [3.05, 3.63) is 24.3 Å². The zero-order chi connectivity index (χ0) is 52.9. The van der Waals surface area contributed by atoms with Gasteiger partial charge in [0.05, 0.1) is 0 Å². The number of rotatable bonds is 61. The second kappa shape index (κ2) is 62.4. The quantitative estimate of drug-likeness (QED) is 0.0261. The molecule has 430 valence electrons. The molecule has 0 saturated carbocycles. The van der Waals surface area contributed by atoms with Gasteiger partial charge in [0.2, 0.25) is 0 Å². The molecule has 0 amide bonds. The lowest BCUT2D eigenvalue weighted by atomic mass is 10.0. The number of esters is 3. The van der Waals surface area contributed by atoms with Crippen molar-refractivity contribution in [3.8, 4) is 0 Å². The van der Waals surface area contributed by atoms with E-state index in [-0.39, 0.29) is 31.1 Å². The first-order chi connectivity index (χ1) is 36.0. The zero-order valence-corrected chi connectivity index (χ0v) is 49.4. The fourth-order valence-corrected chi connectivity index (χ4v) is 9.97. The summed E-state index contributed by atoms with van der Waals surface area (Å²) in [6.07, 6.45) is 74.8. The molecule has 0 aromatic rings. The number of carbonyl (C=O) groups is 3. The van der Waals surface area contributed by atoms with Crippen LogP contribution in [0.1, 0.15) is 367 Å². The van der Waals surface area contributed by atoms with E-state index >= 15 is 0 Å². The molecule has 6 heteroatoms. The van der Waals surface area contributed by atoms with Crippen molar-refractivity contribution in [2.75, 3.05) is 13.2 Å². The Bertz CT molecular complexity index is 1180. The molecule has 0 radical (unpaired) electrons. The average Bonchev–Trinajstić information content (AvgIpc) is 3.39. The monoisotopic (exact) mass is 1030 g/mol. The van der Waals surface area contributed by atoms with Crippen LogP contribution in [0.4, 0.5) is 0 Å². The normalized spacial score (nSPS) is 12.1. The van der Waals surface area contributed by atoms with E-state index in [4.69, 9.17) is 14.2 Å². The molecule has 0 aliphatic rings. The molecule has 0 aliphatic carbocycles. The number of hydrogen-bond acceptors (Lipinski definition) is 6. The van der Waals surface area contributed by atoms with E-state index in [1.807, 2.05) is 0 Å². The molecular weight excluding hydrogens is 901 g/mol. The molecule has 0 aromatic carbocycles. The van der Waals surface area contributed by atoms with Gasteiger partial charge < -0.3 is 14.2 Å². The second-order valence-corrected chi connectivity index (χ2v) is 22.4. The molecule has 73 heavy (non-hydrogen) atoms. The van der Waals surface area contributed by atoms with Gasteiger partial charge >= 0.3 is 17.9 Å². The molecule has 0 saturated heterocycles. The number of hydrogen-bond donors (Lipinski definition) is 0. The lowest BCUT2D eigenvalue weighted by Gasteiger charge is -2.18. The third-order valence-electron chi connectivity index (χ3n) is 14.9. The van der Waals surface area contributed by atoms with Crippen LogP contribution in [0.5, 0.6) is 0 Å². The first kappa shape index (κ1) is 70.9. The Morgan fingerprint density at radius 2 is 0.452 bits per heavy atom. The van der Waals surface area contributed by atoms with Crippen molar-refractivity contribution in [2.45, 2.75) is 374 Å². The summed E-state index contributed by atoms with van der Waals surface area (Å²) in [4.78, 5) is 38.3. The molecule has 6 nitrogen and oxygen atoms in total. The van der Waals surface area contributed by atoms with E-state index in [2.05, 4.69) is 45.1 Å². The SMILES string of the molecule is CCCCCCCC/C=C\CCCCCCCC(=O)OC(COC(=O)CCCCCCCCCCCCCCC/C=C\CCCCCCCCCC)COC(=O)CCCCCCCCCCCCCCCCC. The van der Waals surface area contributed by atoms with Gasteiger partial charge in [-0.2, -0.15) is 0 Å². The third kappa shape index (κ3) is 60.6. The Kier molecular flexibility index (Phi) is 60.6. The lowest BCUT2D eigenvalue weighted by Crippen LogP contribution is -2.30. The largest absolute Gasteiger partial charge is 0.462 e. The van der Waals surface area contributed by atoms with Crippen LogP contribution >= 0.6 is 0 Å². The maximum Gasteiger partial charge on any atom is 0.306 e.